The van der Waals surface area contributed by atoms with E-state index < -0.39 is 72.3 Å². The monoisotopic (exact) mass is 1010 g/mol. The number of fused-ring (bicyclic) bond motifs is 1. The Morgan fingerprint density at radius 3 is 1.84 bits per heavy atom. The van der Waals surface area contributed by atoms with Gasteiger partial charge in [0, 0.05) is 25.2 Å². The first-order valence-corrected chi connectivity index (χ1v) is 24.5. The Bertz CT molecular complexity index is 3160. The Kier molecular flexibility index (Phi) is 14.7. The molecule has 7 aromatic rings. The molecule has 0 bridgehead atoms. The van der Waals surface area contributed by atoms with E-state index in [1.54, 1.807) is 93.6 Å². The van der Waals surface area contributed by atoms with E-state index in [0.717, 1.165) is 14.9 Å². The highest BCUT2D eigenvalue weighted by Gasteiger charge is 2.39. The standard InChI is InChI=1S/C47H50F3N9O9S2/c1-46(2,3)68-45(60)52-24-25-69(61,62)39-23-22-36(37-8-7-9-38-41(37)53-44(51)58(38)29-47(48,49)50)40(43-54-55-56-59(43)28-32-14-20-35(67-6)21-15-32)42(39)70(63,64)57(26-30-10-16-33(65-4)17-11-30)27-31-12-18-34(66-5)19-13-31/h7-23H,24-29H2,1-6H3,(H2,51,53)(H,52,60). The number of alkyl carbamates (subject to hydrolysis) is 1. The number of tetrazole rings is 1. The number of benzene rings is 5. The van der Waals surface area contributed by atoms with E-state index in [4.69, 9.17) is 24.7 Å². The second kappa shape index (κ2) is 20.4. The van der Waals surface area contributed by atoms with Gasteiger partial charge in [0.25, 0.3) is 0 Å². The van der Waals surface area contributed by atoms with E-state index in [9.17, 15) is 26.4 Å². The third-order valence-electron chi connectivity index (χ3n) is 10.8. The number of alkyl halides is 3. The second-order valence-electron chi connectivity index (χ2n) is 16.9. The average molecular weight is 1010 g/mol. The van der Waals surface area contributed by atoms with Gasteiger partial charge in [-0.05, 0) is 102 Å². The number of nitrogen functional groups attached to an aromatic ring is 1. The van der Waals surface area contributed by atoms with Gasteiger partial charge in [-0.3, -0.25) is 0 Å². The number of sulfone groups is 1. The van der Waals surface area contributed by atoms with Crippen molar-refractivity contribution in [1.29, 1.82) is 0 Å². The predicted octanol–water partition coefficient (Wildman–Crippen LogP) is 7.26. The number of nitrogens with zero attached hydrogens (tertiary/aromatic N) is 7. The van der Waals surface area contributed by atoms with Gasteiger partial charge in [-0.25, -0.2) is 31.3 Å². The molecule has 0 aliphatic heterocycles. The number of hydrogen-bond donors (Lipinski definition) is 2. The van der Waals surface area contributed by atoms with Crippen LogP contribution in [-0.4, -0.2) is 102 Å². The normalized spacial score (nSPS) is 12.3. The number of para-hydroxylation sites is 1. The molecule has 0 atom stereocenters. The van der Waals surface area contributed by atoms with Gasteiger partial charge in [-0.1, -0.05) is 54.6 Å². The number of aromatic nitrogens is 6. The third-order valence-corrected chi connectivity index (χ3v) is 14.6. The minimum atomic E-state index is -5.12. The first kappa shape index (κ1) is 50.6. The Morgan fingerprint density at radius 1 is 0.757 bits per heavy atom. The second-order valence-corrected chi connectivity index (χ2v) is 20.8. The summed E-state index contributed by atoms with van der Waals surface area (Å²) in [5.41, 5.74) is 6.44. The number of halogens is 3. The molecule has 0 unspecified atom stereocenters. The fraction of sp³-hybridized carbons (Fsp3) is 0.298. The molecule has 0 aliphatic rings. The van der Waals surface area contributed by atoms with Crippen LogP contribution >= 0.6 is 0 Å². The molecule has 1 amide bonds. The van der Waals surface area contributed by atoms with Crippen molar-refractivity contribution in [2.75, 3.05) is 39.4 Å². The van der Waals surface area contributed by atoms with E-state index in [0.29, 0.717) is 33.9 Å². The van der Waals surface area contributed by atoms with Crippen molar-refractivity contribution in [1.82, 2.24) is 39.4 Å². The molecule has 2 aromatic heterocycles. The molecular formula is C47H50F3N9O9S2. The largest absolute Gasteiger partial charge is 0.497 e. The van der Waals surface area contributed by atoms with E-state index in [1.165, 1.54) is 50.3 Å². The summed E-state index contributed by atoms with van der Waals surface area (Å²) in [7, 11) is -5.40. The van der Waals surface area contributed by atoms with E-state index in [2.05, 4.69) is 25.8 Å². The summed E-state index contributed by atoms with van der Waals surface area (Å²) in [6.07, 6.45) is -5.62. The molecule has 0 fully saturated rings. The Labute approximate surface area is 402 Å². The number of sulfonamides is 1. The number of carbonyl (C=O) groups is 1. The van der Waals surface area contributed by atoms with Crippen LogP contribution in [-0.2, 0) is 50.8 Å². The lowest BCUT2D eigenvalue weighted by Gasteiger charge is -2.27. The smallest absolute Gasteiger partial charge is 0.407 e. The number of carbonyl (C=O) groups excluding carboxylic acids is 1. The van der Waals surface area contributed by atoms with Crippen molar-refractivity contribution in [2.45, 2.75) is 68.5 Å². The SMILES string of the molecule is COc1ccc(CN(Cc2ccc(OC)cc2)S(=O)(=O)c2c(S(=O)(=O)CCNC(=O)OC(C)(C)C)ccc(-c3cccc4c3nc(N)n4CC(F)(F)F)c2-c2nnnn2Cc2ccc(OC)cc2)cc1. The van der Waals surface area contributed by atoms with Crippen LogP contribution in [0, 0.1) is 0 Å². The first-order valence-electron chi connectivity index (χ1n) is 21.4. The lowest BCUT2D eigenvalue weighted by molar-refractivity contribution is -0.139. The van der Waals surface area contributed by atoms with E-state index in [-0.39, 0.29) is 53.2 Å². The minimum Gasteiger partial charge on any atom is -0.497 e. The fourth-order valence-electron chi connectivity index (χ4n) is 7.57. The summed E-state index contributed by atoms with van der Waals surface area (Å²) in [5.74, 6) is -0.000544. The topological polar surface area (TPSA) is 225 Å². The highest BCUT2D eigenvalue weighted by molar-refractivity contribution is 7.93. The van der Waals surface area contributed by atoms with Crippen molar-refractivity contribution in [3.05, 3.63) is 120 Å². The quantitative estimate of drug-likeness (QED) is 0.0863. The van der Waals surface area contributed by atoms with Gasteiger partial charge in [0.05, 0.1) is 55.1 Å². The number of hydrogen-bond acceptors (Lipinski definition) is 14. The number of nitrogens with two attached hydrogens (primary N) is 1. The summed E-state index contributed by atoms with van der Waals surface area (Å²) in [6, 6.07) is 26.8. The number of nitrogens with one attached hydrogen (secondary N) is 1. The van der Waals surface area contributed by atoms with Gasteiger partial charge >= 0.3 is 12.3 Å². The number of ether oxygens (including phenoxy) is 4. The maximum atomic E-state index is 16.2. The van der Waals surface area contributed by atoms with Crippen LogP contribution in [0.15, 0.2) is 113 Å². The molecule has 3 N–H and O–H groups in total. The molecule has 0 saturated heterocycles. The van der Waals surface area contributed by atoms with E-state index in [1.807, 2.05) is 0 Å². The Balaban J connectivity index is 1.54. The van der Waals surface area contributed by atoms with Crippen molar-refractivity contribution in [2.24, 2.45) is 0 Å². The van der Waals surface area contributed by atoms with Crippen LogP contribution in [0.4, 0.5) is 23.9 Å². The molecule has 0 spiro atoms. The summed E-state index contributed by atoms with van der Waals surface area (Å²) in [6.45, 7) is 2.19. The molecule has 70 heavy (non-hydrogen) atoms. The maximum Gasteiger partial charge on any atom is 0.407 e. The van der Waals surface area contributed by atoms with Crippen molar-refractivity contribution in [3.63, 3.8) is 0 Å². The first-order chi connectivity index (χ1) is 33.1. The zero-order valence-corrected chi connectivity index (χ0v) is 40.5. The number of amides is 1. The average Bonchev–Trinajstić information content (AvgIpc) is 3.90. The van der Waals surface area contributed by atoms with Gasteiger partial charge < -0.3 is 34.6 Å². The Hall–Kier alpha value is -7.24. The van der Waals surface area contributed by atoms with Crippen LogP contribution < -0.4 is 25.3 Å². The van der Waals surface area contributed by atoms with Crippen molar-refractivity contribution < 1.29 is 53.7 Å². The fourth-order valence-corrected chi connectivity index (χ4v) is 11.2. The summed E-state index contributed by atoms with van der Waals surface area (Å²) < 4.78 is 129. The van der Waals surface area contributed by atoms with Gasteiger partial charge in [0.1, 0.15) is 34.3 Å². The number of imidazole rings is 1. The molecule has 0 radical (unpaired) electrons. The predicted molar refractivity (Wildman–Crippen MR) is 253 cm³/mol. The lowest BCUT2D eigenvalue weighted by Crippen LogP contribution is -2.35. The van der Waals surface area contributed by atoms with Crippen LogP contribution in [0.25, 0.3) is 33.5 Å². The molecule has 0 aliphatic carbocycles. The molecule has 7 rings (SSSR count). The van der Waals surface area contributed by atoms with Crippen molar-refractivity contribution >= 4 is 42.9 Å². The zero-order valence-electron chi connectivity index (χ0n) is 38.9. The van der Waals surface area contributed by atoms with Gasteiger partial charge in [-0.2, -0.15) is 17.5 Å². The highest BCUT2D eigenvalue weighted by Crippen LogP contribution is 2.44. The summed E-state index contributed by atoms with van der Waals surface area (Å²) in [5, 5.41) is 14.9. The minimum absolute atomic E-state index is 0.0220. The number of rotatable bonds is 18. The number of methoxy groups -OCH3 is 3. The van der Waals surface area contributed by atoms with Crippen LogP contribution in [0.1, 0.15) is 37.5 Å². The van der Waals surface area contributed by atoms with Gasteiger partial charge in [0.15, 0.2) is 15.7 Å². The van der Waals surface area contributed by atoms with Crippen LogP contribution in [0.3, 0.4) is 0 Å². The van der Waals surface area contributed by atoms with Gasteiger partial charge in [-0.15, -0.1) is 5.10 Å². The highest BCUT2D eigenvalue weighted by atomic mass is 32.2. The van der Waals surface area contributed by atoms with Crippen molar-refractivity contribution in [3.8, 4) is 39.8 Å². The molecule has 370 valence electrons. The number of anilines is 1. The third kappa shape index (κ3) is 11.6. The summed E-state index contributed by atoms with van der Waals surface area (Å²) >= 11 is 0. The Morgan fingerprint density at radius 2 is 1.31 bits per heavy atom. The molecular weight excluding hydrogens is 956 g/mol. The molecule has 2 heterocycles. The summed E-state index contributed by atoms with van der Waals surface area (Å²) in [4.78, 5) is 15.6. The lowest BCUT2D eigenvalue weighted by atomic mass is 9.97. The molecule has 23 heteroatoms. The maximum absolute atomic E-state index is 16.2. The molecule has 18 nitrogen and oxygen atoms in total. The molecule has 5 aromatic carbocycles. The molecule has 0 saturated carbocycles. The van der Waals surface area contributed by atoms with Crippen LogP contribution in [0.2, 0.25) is 0 Å². The zero-order chi connectivity index (χ0) is 50.6. The van der Waals surface area contributed by atoms with E-state index >= 15 is 8.42 Å². The van der Waals surface area contributed by atoms with Crippen LogP contribution in [0.5, 0.6) is 17.2 Å². The van der Waals surface area contributed by atoms with Gasteiger partial charge in [0.2, 0.25) is 16.0 Å².